The van der Waals surface area contributed by atoms with E-state index >= 15 is 0 Å². The van der Waals surface area contributed by atoms with Gasteiger partial charge in [-0.25, -0.2) is 4.39 Å². The van der Waals surface area contributed by atoms with Crippen molar-refractivity contribution in [3.8, 4) is 0 Å². The predicted molar refractivity (Wildman–Crippen MR) is 104 cm³/mol. The average molecular weight is 362 g/mol. The highest BCUT2D eigenvalue weighted by Crippen LogP contribution is 2.25. The highest BCUT2D eigenvalue weighted by atomic mass is 19.1. The van der Waals surface area contributed by atoms with E-state index in [1.807, 2.05) is 6.07 Å². The van der Waals surface area contributed by atoms with Gasteiger partial charge in [0.2, 0.25) is 5.91 Å². The van der Waals surface area contributed by atoms with Crippen molar-refractivity contribution in [1.82, 2.24) is 16.0 Å². The topological polar surface area (TPSA) is 65.5 Å². The molecule has 26 heavy (non-hydrogen) atoms. The maximum absolute atomic E-state index is 13.6. The first kappa shape index (κ1) is 20.2. The third kappa shape index (κ3) is 7.02. The van der Waals surface area contributed by atoms with E-state index in [2.05, 4.69) is 20.9 Å². The van der Waals surface area contributed by atoms with Crippen molar-refractivity contribution in [1.29, 1.82) is 0 Å². The van der Waals surface area contributed by atoms with Crippen LogP contribution in [0.15, 0.2) is 23.2 Å². The summed E-state index contributed by atoms with van der Waals surface area (Å²) in [6.07, 6.45) is 6.83. The average Bonchev–Trinajstić information content (AvgIpc) is 2.64. The summed E-state index contributed by atoms with van der Waals surface area (Å²) in [7, 11) is 1.69. The molecule has 0 aromatic heterocycles. The van der Waals surface area contributed by atoms with Crippen molar-refractivity contribution in [2.24, 2.45) is 10.9 Å². The number of aryl methyl sites for hydroxylation is 1. The number of amides is 1. The lowest BCUT2D eigenvalue weighted by Crippen LogP contribution is -2.41. The third-order valence-electron chi connectivity index (χ3n) is 4.86. The van der Waals surface area contributed by atoms with Gasteiger partial charge in [-0.3, -0.25) is 9.79 Å². The quantitative estimate of drug-likeness (QED) is 0.397. The highest BCUT2D eigenvalue weighted by molar-refractivity contribution is 5.80. The van der Waals surface area contributed by atoms with Crippen molar-refractivity contribution in [3.05, 3.63) is 35.1 Å². The van der Waals surface area contributed by atoms with Crippen LogP contribution < -0.4 is 16.0 Å². The maximum atomic E-state index is 13.6. The first-order valence-corrected chi connectivity index (χ1v) is 9.54. The van der Waals surface area contributed by atoms with Crippen LogP contribution in [0.1, 0.15) is 49.7 Å². The molecule has 0 heterocycles. The van der Waals surface area contributed by atoms with E-state index in [1.54, 1.807) is 20.0 Å². The van der Waals surface area contributed by atoms with Crippen molar-refractivity contribution in [2.45, 2.75) is 52.0 Å². The molecule has 0 aliphatic heterocycles. The Kier molecular flexibility index (Phi) is 8.38. The van der Waals surface area contributed by atoms with E-state index in [0.717, 1.165) is 5.56 Å². The van der Waals surface area contributed by atoms with Crippen LogP contribution in [-0.2, 0) is 11.3 Å². The number of guanidine groups is 1. The molecule has 144 valence electrons. The summed E-state index contributed by atoms with van der Waals surface area (Å²) >= 11 is 0. The molecule has 1 aromatic carbocycles. The SMILES string of the molecule is CN=C(NCCNC(=O)CC1CCCCC1)NCc1ccc(C)c(F)c1. The van der Waals surface area contributed by atoms with Crippen LogP contribution in [-0.4, -0.2) is 32.0 Å². The third-order valence-corrected chi connectivity index (χ3v) is 4.86. The number of hydrogen-bond acceptors (Lipinski definition) is 2. The zero-order valence-corrected chi connectivity index (χ0v) is 15.9. The summed E-state index contributed by atoms with van der Waals surface area (Å²) in [4.78, 5) is 16.1. The number of nitrogens with one attached hydrogen (secondary N) is 3. The number of aliphatic imine (C=N–C) groups is 1. The van der Waals surface area contributed by atoms with Crippen molar-refractivity contribution >= 4 is 11.9 Å². The molecule has 1 aliphatic rings. The summed E-state index contributed by atoms with van der Waals surface area (Å²) in [6.45, 7) is 3.39. The molecule has 0 saturated heterocycles. The number of carbonyl (C=O) groups is 1. The van der Waals surface area contributed by atoms with Crippen LogP contribution >= 0.6 is 0 Å². The summed E-state index contributed by atoms with van der Waals surface area (Å²) < 4.78 is 13.6. The normalized spacial score (nSPS) is 15.6. The Morgan fingerprint density at radius 3 is 2.58 bits per heavy atom. The fourth-order valence-electron chi connectivity index (χ4n) is 3.26. The number of hydrogen-bond donors (Lipinski definition) is 3. The van der Waals surface area contributed by atoms with Gasteiger partial charge in [0.05, 0.1) is 0 Å². The number of nitrogens with zero attached hydrogens (tertiary/aromatic N) is 1. The van der Waals surface area contributed by atoms with Crippen molar-refractivity contribution < 1.29 is 9.18 Å². The Bertz CT molecular complexity index is 612. The standard InChI is InChI=1S/C20H31FN4O/c1-15-8-9-17(12-18(15)21)14-25-20(22-2)24-11-10-23-19(26)13-16-6-4-3-5-7-16/h8-9,12,16H,3-7,10-11,13-14H2,1-2H3,(H,23,26)(H2,22,24,25). The fourth-order valence-corrected chi connectivity index (χ4v) is 3.26. The van der Waals surface area contributed by atoms with Gasteiger partial charge in [0.25, 0.3) is 0 Å². The lowest BCUT2D eigenvalue weighted by Gasteiger charge is -2.20. The summed E-state index contributed by atoms with van der Waals surface area (Å²) in [5, 5.41) is 9.26. The molecular formula is C20H31FN4O. The number of halogens is 1. The van der Waals surface area contributed by atoms with Crippen LogP contribution in [0.5, 0.6) is 0 Å². The van der Waals surface area contributed by atoms with Gasteiger partial charge in [-0.1, -0.05) is 31.4 Å². The molecule has 0 unspecified atom stereocenters. The molecule has 5 nitrogen and oxygen atoms in total. The zero-order valence-electron chi connectivity index (χ0n) is 15.9. The van der Waals surface area contributed by atoms with Gasteiger partial charge in [0.1, 0.15) is 5.82 Å². The molecule has 1 fully saturated rings. The van der Waals surface area contributed by atoms with Crippen LogP contribution in [0.25, 0.3) is 0 Å². The Balaban J connectivity index is 1.62. The van der Waals surface area contributed by atoms with Crippen LogP contribution in [0.2, 0.25) is 0 Å². The maximum Gasteiger partial charge on any atom is 0.220 e. The van der Waals surface area contributed by atoms with E-state index in [-0.39, 0.29) is 11.7 Å². The highest BCUT2D eigenvalue weighted by Gasteiger charge is 2.16. The smallest absolute Gasteiger partial charge is 0.220 e. The molecule has 1 amide bonds. The molecule has 1 saturated carbocycles. The van der Waals surface area contributed by atoms with Gasteiger partial charge in [-0.2, -0.15) is 0 Å². The second kappa shape index (κ2) is 10.8. The van der Waals surface area contributed by atoms with Crippen LogP contribution in [0.3, 0.4) is 0 Å². The van der Waals surface area contributed by atoms with Gasteiger partial charge in [0.15, 0.2) is 5.96 Å². The minimum absolute atomic E-state index is 0.136. The number of rotatable bonds is 7. The number of carbonyl (C=O) groups excluding carboxylic acids is 1. The molecule has 0 radical (unpaired) electrons. The predicted octanol–water partition coefficient (Wildman–Crippen LogP) is 2.89. The zero-order chi connectivity index (χ0) is 18.8. The first-order valence-electron chi connectivity index (χ1n) is 9.54. The summed E-state index contributed by atoms with van der Waals surface area (Å²) in [5.74, 6) is 1.12. The molecule has 1 aromatic rings. The Morgan fingerprint density at radius 2 is 1.88 bits per heavy atom. The Morgan fingerprint density at radius 1 is 1.15 bits per heavy atom. The monoisotopic (exact) mass is 362 g/mol. The van der Waals surface area contributed by atoms with E-state index in [1.165, 1.54) is 38.2 Å². The lowest BCUT2D eigenvalue weighted by atomic mass is 9.87. The first-order chi connectivity index (χ1) is 12.6. The second-order valence-corrected chi connectivity index (χ2v) is 6.99. The van der Waals surface area contributed by atoms with Crippen molar-refractivity contribution in [2.75, 3.05) is 20.1 Å². The molecule has 0 atom stereocenters. The summed E-state index contributed by atoms with van der Waals surface area (Å²) in [6, 6.07) is 5.19. The van der Waals surface area contributed by atoms with Gasteiger partial charge >= 0.3 is 0 Å². The molecule has 3 N–H and O–H groups in total. The van der Waals surface area contributed by atoms with Crippen LogP contribution in [0, 0.1) is 18.7 Å². The molecule has 1 aliphatic carbocycles. The van der Waals surface area contributed by atoms with E-state index in [4.69, 9.17) is 0 Å². The van der Waals surface area contributed by atoms with Crippen LogP contribution in [0.4, 0.5) is 4.39 Å². The van der Waals surface area contributed by atoms with E-state index in [9.17, 15) is 9.18 Å². The minimum Gasteiger partial charge on any atom is -0.355 e. The number of benzene rings is 1. The fraction of sp³-hybridized carbons (Fsp3) is 0.600. The van der Waals surface area contributed by atoms with E-state index in [0.29, 0.717) is 43.5 Å². The second-order valence-electron chi connectivity index (χ2n) is 6.99. The van der Waals surface area contributed by atoms with Gasteiger partial charge < -0.3 is 16.0 Å². The van der Waals surface area contributed by atoms with Crippen molar-refractivity contribution in [3.63, 3.8) is 0 Å². The lowest BCUT2D eigenvalue weighted by molar-refractivity contribution is -0.122. The van der Waals surface area contributed by atoms with E-state index < -0.39 is 0 Å². The molecule has 6 heteroatoms. The molecule has 0 bridgehead atoms. The molecular weight excluding hydrogens is 331 g/mol. The van der Waals surface area contributed by atoms with Gasteiger partial charge in [-0.15, -0.1) is 0 Å². The summed E-state index contributed by atoms with van der Waals surface area (Å²) in [5.41, 5.74) is 1.50. The minimum atomic E-state index is -0.201. The Labute approximate surface area is 155 Å². The van der Waals surface area contributed by atoms with Gasteiger partial charge in [-0.05, 0) is 42.9 Å². The van der Waals surface area contributed by atoms with Gasteiger partial charge in [0, 0.05) is 33.1 Å². The molecule has 0 spiro atoms. The largest absolute Gasteiger partial charge is 0.355 e. The molecule has 2 rings (SSSR count). The Hall–Kier alpha value is -2.11.